The first-order valence-electron chi connectivity index (χ1n) is 6.81. The number of nitrogens with zero attached hydrogens (tertiary/aromatic N) is 2. The maximum Gasteiger partial charge on any atom is 0.253 e. The molecule has 108 valence electrons. The normalized spacial score (nSPS) is 10.2. The molecule has 2 rings (SSSR count). The Balaban J connectivity index is 2.05. The number of rotatable bonds is 5. The van der Waals surface area contributed by atoms with E-state index in [9.17, 15) is 9.59 Å². The molecule has 0 aliphatic carbocycles. The van der Waals surface area contributed by atoms with Crippen LogP contribution in [0, 0.1) is 6.92 Å². The van der Waals surface area contributed by atoms with Crippen LogP contribution in [-0.4, -0.2) is 28.4 Å². The number of ketones is 1. The number of nitrogens with one attached hydrogen (secondary N) is 1. The van der Waals surface area contributed by atoms with E-state index in [2.05, 4.69) is 15.5 Å². The molecule has 1 amide bonds. The maximum atomic E-state index is 12.2. The van der Waals surface area contributed by atoms with Crippen LogP contribution in [0.3, 0.4) is 0 Å². The summed E-state index contributed by atoms with van der Waals surface area (Å²) in [6.07, 6.45) is 0.614. The molecule has 0 fully saturated rings. The quantitative estimate of drug-likeness (QED) is 0.851. The summed E-state index contributed by atoms with van der Waals surface area (Å²) in [6.45, 7) is 3.65. The predicted octanol–water partition coefficient (Wildman–Crippen LogP) is 1.96. The van der Waals surface area contributed by atoms with Gasteiger partial charge in [0.05, 0.1) is 23.5 Å². The van der Waals surface area contributed by atoms with Gasteiger partial charge in [-0.3, -0.25) is 9.59 Å². The Morgan fingerprint density at radius 3 is 2.52 bits per heavy atom. The van der Waals surface area contributed by atoms with Crippen LogP contribution >= 0.6 is 0 Å². The third-order valence-electron chi connectivity index (χ3n) is 3.08. The van der Waals surface area contributed by atoms with Crippen molar-refractivity contribution in [3.05, 3.63) is 58.9 Å². The van der Waals surface area contributed by atoms with Crippen molar-refractivity contribution in [2.45, 2.75) is 20.3 Å². The number of hydrogen-bond donors (Lipinski definition) is 1. The third-order valence-corrected chi connectivity index (χ3v) is 3.08. The Labute approximate surface area is 123 Å². The van der Waals surface area contributed by atoms with E-state index in [1.54, 1.807) is 37.3 Å². The summed E-state index contributed by atoms with van der Waals surface area (Å²) in [6, 6.07) is 10.6. The Morgan fingerprint density at radius 1 is 1.14 bits per heavy atom. The lowest BCUT2D eigenvalue weighted by Gasteiger charge is -2.08. The van der Waals surface area contributed by atoms with E-state index >= 15 is 0 Å². The number of Topliss-reactive ketones (excluding diaryl/α,β-unsaturated/α-hetero) is 1. The van der Waals surface area contributed by atoms with Crippen LogP contribution < -0.4 is 5.32 Å². The molecule has 1 N–H and O–H groups in total. The highest BCUT2D eigenvalue weighted by Crippen LogP contribution is 2.07. The summed E-state index contributed by atoms with van der Waals surface area (Å²) < 4.78 is 0. The van der Waals surface area contributed by atoms with Crippen molar-refractivity contribution in [1.29, 1.82) is 0 Å². The van der Waals surface area contributed by atoms with E-state index in [1.165, 1.54) is 0 Å². The summed E-state index contributed by atoms with van der Waals surface area (Å²) >= 11 is 0. The molecule has 0 bridgehead atoms. The van der Waals surface area contributed by atoms with Crippen LogP contribution in [0.25, 0.3) is 0 Å². The monoisotopic (exact) mass is 283 g/mol. The van der Waals surface area contributed by atoms with Crippen molar-refractivity contribution >= 4 is 11.7 Å². The lowest BCUT2D eigenvalue weighted by Crippen LogP contribution is -2.30. The summed E-state index contributed by atoms with van der Waals surface area (Å²) in [4.78, 5) is 24.1. The second kappa shape index (κ2) is 6.74. The molecule has 5 heteroatoms. The number of benzene rings is 1. The molecule has 1 aromatic heterocycles. The molecule has 0 spiro atoms. The molecular formula is C16H17N3O2. The van der Waals surface area contributed by atoms with E-state index in [0.717, 1.165) is 0 Å². The van der Waals surface area contributed by atoms with E-state index in [4.69, 9.17) is 0 Å². The molecular weight excluding hydrogens is 266 g/mol. The van der Waals surface area contributed by atoms with E-state index in [1.807, 2.05) is 13.0 Å². The minimum Gasteiger partial charge on any atom is -0.345 e. The van der Waals surface area contributed by atoms with Gasteiger partial charge in [0.15, 0.2) is 5.78 Å². The molecule has 2 aromatic rings. The fourth-order valence-corrected chi connectivity index (χ4v) is 1.95. The third kappa shape index (κ3) is 3.72. The van der Waals surface area contributed by atoms with Gasteiger partial charge in [-0.25, -0.2) is 0 Å². The van der Waals surface area contributed by atoms with Gasteiger partial charge in [-0.15, -0.1) is 0 Å². The standard InChI is InChI=1S/C16H17N3O2/c1-3-14-13(9-11(2)18-19-14)16(21)17-10-15(20)12-7-5-4-6-8-12/h4-9H,3,10H2,1-2H3,(H,17,21). The van der Waals surface area contributed by atoms with Crippen molar-refractivity contribution in [2.75, 3.05) is 6.54 Å². The average Bonchev–Trinajstić information content (AvgIpc) is 2.53. The highest BCUT2D eigenvalue weighted by Gasteiger charge is 2.14. The van der Waals surface area contributed by atoms with Gasteiger partial charge < -0.3 is 5.32 Å². The van der Waals surface area contributed by atoms with Crippen molar-refractivity contribution in [3.63, 3.8) is 0 Å². The fraction of sp³-hybridized carbons (Fsp3) is 0.250. The first-order valence-corrected chi connectivity index (χ1v) is 6.81. The molecule has 0 saturated carbocycles. The molecule has 0 aliphatic heterocycles. The minimum absolute atomic E-state index is 0.0344. The molecule has 5 nitrogen and oxygen atoms in total. The number of carbonyl (C=O) groups is 2. The van der Waals surface area contributed by atoms with Gasteiger partial charge in [0.25, 0.3) is 5.91 Å². The Kier molecular flexibility index (Phi) is 4.77. The van der Waals surface area contributed by atoms with Crippen molar-refractivity contribution < 1.29 is 9.59 Å². The first-order chi connectivity index (χ1) is 10.1. The van der Waals surface area contributed by atoms with Crippen molar-refractivity contribution in [1.82, 2.24) is 15.5 Å². The van der Waals surface area contributed by atoms with E-state index in [0.29, 0.717) is 28.9 Å². The summed E-state index contributed by atoms with van der Waals surface area (Å²) in [7, 11) is 0. The molecule has 21 heavy (non-hydrogen) atoms. The topological polar surface area (TPSA) is 72.0 Å². The fourth-order valence-electron chi connectivity index (χ4n) is 1.95. The maximum absolute atomic E-state index is 12.2. The summed E-state index contributed by atoms with van der Waals surface area (Å²) in [5, 5.41) is 10.6. The SMILES string of the molecule is CCc1nnc(C)cc1C(=O)NCC(=O)c1ccccc1. The van der Waals surface area contributed by atoms with Gasteiger partial charge in [0.2, 0.25) is 0 Å². The molecule has 0 radical (unpaired) electrons. The Bertz CT molecular complexity index is 654. The number of aromatic nitrogens is 2. The van der Waals surface area contributed by atoms with Crippen molar-refractivity contribution in [3.8, 4) is 0 Å². The largest absolute Gasteiger partial charge is 0.345 e. The Morgan fingerprint density at radius 2 is 1.86 bits per heavy atom. The second-order valence-corrected chi connectivity index (χ2v) is 4.67. The van der Waals surface area contributed by atoms with Gasteiger partial charge in [0, 0.05) is 5.56 Å². The average molecular weight is 283 g/mol. The molecule has 1 aromatic carbocycles. The number of aryl methyl sites for hydroxylation is 2. The van der Waals surface area contributed by atoms with Gasteiger partial charge in [-0.1, -0.05) is 37.3 Å². The van der Waals surface area contributed by atoms with Gasteiger partial charge in [-0.2, -0.15) is 10.2 Å². The smallest absolute Gasteiger partial charge is 0.253 e. The molecule has 0 aliphatic rings. The second-order valence-electron chi connectivity index (χ2n) is 4.67. The zero-order valence-electron chi connectivity index (χ0n) is 12.1. The van der Waals surface area contributed by atoms with Gasteiger partial charge >= 0.3 is 0 Å². The number of amides is 1. The van der Waals surface area contributed by atoms with Crippen LogP contribution in [-0.2, 0) is 6.42 Å². The number of carbonyl (C=O) groups excluding carboxylic acids is 2. The van der Waals surface area contributed by atoms with Crippen LogP contribution in [0.2, 0.25) is 0 Å². The zero-order chi connectivity index (χ0) is 15.2. The van der Waals surface area contributed by atoms with Crippen LogP contribution in [0.4, 0.5) is 0 Å². The van der Waals surface area contributed by atoms with Crippen LogP contribution in [0.5, 0.6) is 0 Å². The molecule has 1 heterocycles. The van der Waals surface area contributed by atoms with Crippen LogP contribution in [0.15, 0.2) is 36.4 Å². The zero-order valence-corrected chi connectivity index (χ0v) is 12.1. The lowest BCUT2D eigenvalue weighted by atomic mass is 10.1. The van der Waals surface area contributed by atoms with Gasteiger partial charge in [-0.05, 0) is 19.4 Å². The molecule has 0 atom stereocenters. The highest BCUT2D eigenvalue weighted by molar-refractivity contribution is 6.02. The molecule has 0 unspecified atom stereocenters. The van der Waals surface area contributed by atoms with Crippen LogP contribution in [0.1, 0.15) is 39.0 Å². The summed E-state index contributed by atoms with van der Waals surface area (Å²) in [5.41, 5.74) is 2.36. The van der Waals surface area contributed by atoms with Gasteiger partial charge in [0.1, 0.15) is 0 Å². The number of hydrogen-bond acceptors (Lipinski definition) is 4. The Hall–Kier alpha value is -2.56. The van der Waals surface area contributed by atoms with E-state index < -0.39 is 0 Å². The summed E-state index contributed by atoms with van der Waals surface area (Å²) in [5.74, 6) is -0.421. The minimum atomic E-state index is -0.297. The predicted molar refractivity (Wildman–Crippen MR) is 79.3 cm³/mol. The van der Waals surface area contributed by atoms with Crippen molar-refractivity contribution in [2.24, 2.45) is 0 Å². The van der Waals surface area contributed by atoms with E-state index in [-0.39, 0.29) is 18.2 Å². The highest BCUT2D eigenvalue weighted by atomic mass is 16.2. The lowest BCUT2D eigenvalue weighted by molar-refractivity contribution is 0.0903. The molecule has 0 saturated heterocycles. The first kappa shape index (κ1) is 14.8.